The lowest BCUT2D eigenvalue weighted by Crippen LogP contribution is -2.06. The van der Waals surface area contributed by atoms with Gasteiger partial charge in [-0.05, 0) is 18.1 Å². The maximum absolute atomic E-state index is 10.2. The maximum Gasteiger partial charge on any atom is 0.216 e. The van der Waals surface area contributed by atoms with Gasteiger partial charge in [0.2, 0.25) is 5.88 Å². The molecule has 0 saturated carbocycles. The predicted octanol–water partition coefficient (Wildman–Crippen LogP) is 2.07. The zero-order chi connectivity index (χ0) is 13.0. The molecule has 0 spiro atoms. The fraction of sp³-hybridized carbons (Fsp3) is 0.286. The largest absolute Gasteiger partial charge is 0.481 e. The van der Waals surface area contributed by atoms with Crippen molar-refractivity contribution in [3.63, 3.8) is 0 Å². The summed E-state index contributed by atoms with van der Waals surface area (Å²) in [5.74, 6) is 0.462. The molecule has 4 heteroatoms. The first-order valence-corrected chi connectivity index (χ1v) is 5.79. The Morgan fingerprint density at radius 3 is 2.78 bits per heavy atom. The average molecular weight is 244 g/mol. The van der Waals surface area contributed by atoms with Gasteiger partial charge >= 0.3 is 0 Å². The highest BCUT2D eigenvalue weighted by atomic mass is 16.5. The standard InChI is InChI=1S/C14H16N2O2/c1-10-5-3-4-6-11(10)7-13(17)12-8-14(18-2)16-9-15-12/h3-6,8-9,13,17H,7H2,1-2H3. The Labute approximate surface area is 106 Å². The molecular formula is C14H16N2O2. The lowest BCUT2D eigenvalue weighted by molar-refractivity contribution is 0.172. The third-order valence-corrected chi connectivity index (χ3v) is 2.89. The summed E-state index contributed by atoms with van der Waals surface area (Å²) in [6.45, 7) is 2.03. The Balaban J connectivity index is 2.16. The Morgan fingerprint density at radius 2 is 2.06 bits per heavy atom. The lowest BCUT2D eigenvalue weighted by Gasteiger charge is -2.12. The number of nitrogens with zero attached hydrogens (tertiary/aromatic N) is 2. The van der Waals surface area contributed by atoms with Crippen LogP contribution in [0, 0.1) is 6.92 Å². The number of aliphatic hydroxyl groups is 1. The Morgan fingerprint density at radius 1 is 1.28 bits per heavy atom. The molecule has 0 fully saturated rings. The summed E-state index contributed by atoms with van der Waals surface area (Å²) >= 11 is 0. The number of benzene rings is 1. The van der Waals surface area contributed by atoms with Crippen molar-refractivity contribution < 1.29 is 9.84 Å². The third kappa shape index (κ3) is 2.84. The molecule has 0 aliphatic heterocycles. The molecule has 94 valence electrons. The smallest absolute Gasteiger partial charge is 0.216 e. The summed E-state index contributed by atoms with van der Waals surface area (Å²) in [7, 11) is 1.54. The van der Waals surface area contributed by atoms with E-state index in [1.165, 1.54) is 6.33 Å². The van der Waals surface area contributed by atoms with Crippen molar-refractivity contribution in [3.8, 4) is 5.88 Å². The van der Waals surface area contributed by atoms with E-state index in [0.717, 1.165) is 11.1 Å². The number of rotatable bonds is 4. The van der Waals surface area contributed by atoms with E-state index in [9.17, 15) is 5.11 Å². The van der Waals surface area contributed by atoms with Crippen LogP contribution >= 0.6 is 0 Å². The topological polar surface area (TPSA) is 55.2 Å². The number of ether oxygens (including phenoxy) is 1. The molecule has 0 bridgehead atoms. The quantitative estimate of drug-likeness (QED) is 0.894. The van der Waals surface area contributed by atoms with Crippen LogP contribution in [-0.4, -0.2) is 22.2 Å². The Kier molecular flexibility index (Phi) is 3.89. The molecule has 0 aliphatic carbocycles. The second kappa shape index (κ2) is 5.60. The van der Waals surface area contributed by atoms with Crippen molar-refractivity contribution in [2.75, 3.05) is 7.11 Å². The summed E-state index contributed by atoms with van der Waals surface area (Å²) in [5, 5.41) is 10.2. The molecule has 1 heterocycles. The van der Waals surface area contributed by atoms with Crippen LogP contribution in [0.15, 0.2) is 36.7 Å². The zero-order valence-corrected chi connectivity index (χ0v) is 10.5. The van der Waals surface area contributed by atoms with Crippen molar-refractivity contribution in [2.45, 2.75) is 19.4 Å². The van der Waals surface area contributed by atoms with Gasteiger partial charge in [-0.2, -0.15) is 0 Å². The predicted molar refractivity (Wildman–Crippen MR) is 68.4 cm³/mol. The van der Waals surface area contributed by atoms with Crippen LogP contribution < -0.4 is 4.74 Å². The van der Waals surface area contributed by atoms with Gasteiger partial charge in [0, 0.05) is 12.5 Å². The molecule has 1 unspecified atom stereocenters. The average Bonchev–Trinajstić information content (AvgIpc) is 2.41. The van der Waals surface area contributed by atoms with Crippen LogP contribution in [-0.2, 0) is 6.42 Å². The molecule has 0 amide bonds. The molecule has 1 atom stereocenters. The molecule has 2 aromatic rings. The highest BCUT2D eigenvalue weighted by Crippen LogP contribution is 2.20. The van der Waals surface area contributed by atoms with E-state index < -0.39 is 6.10 Å². The molecular weight excluding hydrogens is 228 g/mol. The van der Waals surface area contributed by atoms with Crippen molar-refractivity contribution in [2.24, 2.45) is 0 Å². The lowest BCUT2D eigenvalue weighted by atomic mass is 10.0. The molecule has 0 saturated heterocycles. The second-order valence-electron chi connectivity index (χ2n) is 4.13. The first-order valence-electron chi connectivity index (χ1n) is 5.79. The van der Waals surface area contributed by atoms with Gasteiger partial charge < -0.3 is 9.84 Å². The summed E-state index contributed by atoms with van der Waals surface area (Å²) in [6, 6.07) is 9.65. The third-order valence-electron chi connectivity index (χ3n) is 2.89. The Bertz CT molecular complexity index is 529. The van der Waals surface area contributed by atoms with Crippen LogP contribution in [0.4, 0.5) is 0 Å². The summed E-state index contributed by atoms with van der Waals surface area (Å²) in [5.41, 5.74) is 2.85. The Hall–Kier alpha value is -1.94. The molecule has 2 rings (SSSR count). The van der Waals surface area contributed by atoms with Gasteiger partial charge in [-0.3, -0.25) is 0 Å². The van der Waals surface area contributed by atoms with E-state index in [1.54, 1.807) is 13.2 Å². The van der Waals surface area contributed by atoms with Crippen LogP contribution in [0.1, 0.15) is 22.9 Å². The molecule has 1 N–H and O–H groups in total. The summed E-state index contributed by atoms with van der Waals surface area (Å²) < 4.78 is 5.02. The number of aromatic nitrogens is 2. The first kappa shape index (κ1) is 12.5. The van der Waals surface area contributed by atoms with Gasteiger partial charge in [-0.15, -0.1) is 0 Å². The van der Waals surface area contributed by atoms with Gasteiger partial charge in [0.05, 0.1) is 12.8 Å². The SMILES string of the molecule is COc1cc(C(O)Cc2ccccc2C)ncn1. The van der Waals surface area contributed by atoms with E-state index in [-0.39, 0.29) is 0 Å². The second-order valence-corrected chi connectivity index (χ2v) is 4.13. The van der Waals surface area contributed by atoms with Crippen molar-refractivity contribution in [1.29, 1.82) is 0 Å². The number of hydrogen-bond acceptors (Lipinski definition) is 4. The number of aryl methyl sites for hydroxylation is 1. The molecule has 0 aliphatic rings. The fourth-order valence-corrected chi connectivity index (χ4v) is 1.80. The minimum absolute atomic E-state index is 0.462. The number of methoxy groups -OCH3 is 1. The molecule has 1 aromatic heterocycles. The van der Waals surface area contributed by atoms with Crippen LogP contribution in [0.3, 0.4) is 0 Å². The summed E-state index contributed by atoms with van der Waals surface area (Å²) in [4.78, 5) is 7.99. The molecule has 18 heavy (non-hydrogen) atoms. The van der Waals surface area contributed by atoms with Crippen LogP contribution in [0.2, 0.25) is 0 Å². The van der Waals surface area contributed by atoms with Crippen LogP contribution in [0.25, 0.3) is 0 Å². The maximum atomic E-state index is 10.2. The van der Waals surface area contributed by atoms with E-state index in [0.29, 0.717) is 18.0 Å². The van der Waals surface area contributed by atoms with E-state index >= 15 is 0 Å². The van der Waals surface area contributed by atoms with Crippen molar-refractivity contribution >= 4 is 0 Å². The fourth-order valence-electron chi connectivity index (χ4n) is 1.80. The zero-order valence-electron chi connectivity index (χ0n) is 10.5. The van der Waals surface area contributed by atoms with E-state index in [2.05, 4.69) is 9.97 Å². The number of aliphatic hydroxyl groups excluding tert-OH is 1. The van der Waals surface area contributed by atoms with Crippen LogP contribution in [0.5, 0.6) is 5.88 Å². The minimum atomic E-state index is -0.650. The monoisotopic (exact) mass is 244 g/mol. The normalized spacial score (nSPS) is 12.2. The first-order chi connectivity index (χ1) is 8.70. The van der Waals surface area contributed by atoms with Gasteiger partial charge in [0.15, 0.2) is 0 Å². The summed E-state index contributed by atoms with van der Waals surface area (Å²) in [6.07, 6.45) is 1.28. The molecule has 4 nitrogen and oxygen atoms in total. The van der Waals surface area contributed by atoms with E-state index in [4.69, 9.17) is 4.74 Å². The molecule has 0 radical (unpaired) electrons. The van der Waals surface area contributed by atoms with Gasteiger partial charge in [0.25, 0.3) is 0 Å². The highest BCUT2D eigenvalue weighted by molar-refractivity contribution is 5.27. The van der Waals surface area contributed by atoms with Gasteiger partial charge in [0.1, 0.15) is 12.4 Å². The van der Waals surface area contributed by atoms with Crippen molar-refractivity contribution in [3.05, 3.63) is 53.5 Å². The highest BCUT2D eigenvalue weighted by Gasteiger charge is 2.12. The number of hydrogen-bond donors (Lipinski definition) is 1. The van der Waals surface area contributed by atoms with Crippen molar-refractivity contribution in [1.82, 2.24) is 9.97 Å². The minimum Gasteiger partial charge on any atom is -0.481 e. The van der Waals surface area contributed by atoms with Gasteiger partial charge in [-0.1, -0.05) is 24.3 Å². The van der Waals surface area contributed by atoms with E-state index in [1.807, 2.05) is 31.2 Å². The molecule has 1 aromatic carbocycles. The van der Waals surface area contributed by atoms with Gasteiger partial charge in [-0.25, -0.2) is 9.97 Å².